The number of nitrogens with one attached hydrogen (secondary N) is 1. The number of carbonyl (C=O) groups excluding carboxylic acids is 3. The first-order valence-corrected chi connectivity index (χ1v) is 12.5. The molecule has 2 fully saturated rings. The number of benzene rings is 1. The van der Waals surface area contributed by atoms with E-state index in [1.54, 1.807) is 23.7 Å². The monoisotopic (exact) mass is 545 g/mol. The van der Waals surface area contributed by atoms with Crippen molar-refractivity contribution in [2.24, 2.45) is 0 Å². The van der Waals surface area contributed by atoms with E-state index in [-0.39, 0.29) is 68.7 Å². The summed E-state index contributed by atoms with van der Waals surface area (Å²) < 4.78 is 50.6. The maximum Gasteiger partial charge on any atom is 0.414 e. The Labute approximate surface area is 221 Å². The molecule has 4 heterocycles. The molecule has 0 aliphatic carbocycles. The number of hydrogen-bond donors (Lipinski definition) is 1. The van der Waals surface area contributed by atoms with Crippen molar-refractivity contribution in [3.8, 4) is 0 Å². The first-order valence-electron chi connectivity index (χ1n) is 12.5. The summed E-state index contributed by atoms with van der Waals surface area (Å²) in [6.45, 7) is 1.89. The van der Waals surface area contributed by atoms with E-state index in [1.807, 2.05) is 0 Å². The van der Waals surface area contributed by atoms with Crippen LogP contribution < -0.4 is 15.1 Å². The van der Waals surface area contributed by atoms with Crippen LogP contribution in [-0.4, -0.2) is 88.7 Å². The maximum atomic E-state index is 15.0. The molecule has 0 saturated carbocycles. The van der Waals surface area contributed by atoms with Gasteiger partial charge in [-0.2, -0.15) is 0 Å². The number of ether oxygens (including phenoxy) is 1. The Morgan fingerprint density at radius 2 is 1.90 bits per heavy atom. The average Bonchev–Trinajstić information content (AvgIpc) is 3.55. The molecule has 1 N–H and O–H groups in total. The predicted molar refractivity (Wildman–Crippen MR) is 133 cm³/mol. The molecule has 3 aromatic rings. The van der Waals surface area contributed by atoms with Gasteiger partial charge in [0.15, 0.2) is 23.4 Å². The van der Waals surface area contributed by atoms with Gasteiger partial charge >= 0.3 is 6.09 Å². The molecule has 5 rings (SSSR count). The fourth-order valence-corrected chi connectivity index (χ4v) is 4.65. The minimum absolute atomic E-state index is 0.0593. The third-order valence-electron chi connectivity index (χ3n) is 6.79. The van der Waals surface area contributed by atoms with Gasteiger partial charge in [-0.05, 0) is 6.42 Å². The number of halogens is 3. The maximum absolute atomic E-state index is 15.0. The summed E-state index contributed by atoms with van der Waals surface area (Å²) in [4.78, 5) is 49.3. The Bertz CT molecular complexity index is 1350. The van der Waals surface area contributed by atoms with Crippen molar-refractivity contribution in [3.63, 3.8) is 0 Å². The van der Waals surface area contributed by atoms with Gasteiger partial charge in [0.1, 0.15) is 17.6 Å². The van der Waals surface area contributed by atoms with E-state index in [4.69, 9.17) is 4.74 Å². The van der Waals surface area contributed by atoms with Gasteiger partial charge in [0, 0.05) is 56.9 Å². The highest BCUT2D eigenvalue weighted by atomic mass is 19.1. The first kappa shape index (κ1) is 26.3. The second-order valence-electron chi connectivity index (χ2n) is 9.23. The summed E-state index contributed by atoms with van der Waals surface area (Å²) in [5.41, 5.74) is 0.298. The van der Waals surface area contributed by atoms with Gasteiger partial charge in [0.25, 0.3) is 5.91 Å². The zero-order valence-electron chi connectivity index (χ0n) is 21.0. The molecular weight excluding hydrogens is 519 g/mol. The van der Waals surface area contributed by atoms with Gasteiger partial charge in [-0.15, -0.1) is 0 Å². The van der Waals surface area contributed by atoms with Crippen molar-refractivity contribution in [3.05, 3.63) is 54.2 Å². The molecule has 2 aliphatic heterocycles. The number of nitrogens with zero attached hydrogens (tertiary/aromatic N) is 6. The van der Waals surface area contributed by atoms with Gasteiger partial charge in [-0.25, -0.2) is 22.9 Å². The molecule has 3 amide bonds. The minimum Gasteiger partial charge on any atom is -0.441 e. The lowest BCUT2D eigenvalue weighted by Gasteiger charge is -2.36. The smallest absolute Gasteiger partial charge is 0.414 e. The number of amides is 3. The number of rotatable bonds is 7. The fourth-order valence-electron chi connectivity index (χ4n) is 4.65. The number of alkyl halides is 1. The van der Waals surface area contributed by atoms with Crippen LogP contribution in [0.4, 0.5) is 29.3 Å². The van der Waals surface area contributed by atoms with Crippen LogP contribution in [-0.2, 0) is 9.53 Å². The van der Waals surface area contributed by atoms with Gasteiger partial charge in [0.05, 0.1) is 25.0 Å². The second-order valence-corrected chi connectivity index (χ2v) is 9.23. The number of anilines is 2. The van der Waals surface area contributed by atoms with Crippen LogP contribution in [0.2, 0.25) is 0 Å². The largest absolute Gasteiger partial charge is 0.441 e. The quantitative estimate of drug-likeness (QED) is 0.484. The number of hydrogen-bond acceptors (Lipinski definition) is 7. The van der Waals surface area contributed by atoms with Crippen molar-refractivity contribution >= 4 is 34.9 Å². The lowest BCUT2D eigenvalue weighted by molar-refractivity contribution is -0.130. The number of cyclic esters (lactones) is 1. The molecule has 1 aromatic carbocycles. The molecule has 2 unspecified atom stereocenters. The topological polar surface area (TPSA) is 112 Å². The Balaban J connectivity index is 1.16. The van der Waals surface area contributed by atoms with Crippen LogP contribution in [0.3, 0.4) is 0 Å². The van der Waals surface area contributed by atoms with Gasteiger partial charge < -0.3 is 24.3 Å². The van der Waals surface area contributed by atoms with Gasteiger partial charge in [-0.3, -0.25) is 19.5 Å². The van der Waals surface area contributed by atoms with Crippen molar-refractivity contribution in [2.45, 2.75) is 25.6 Å². The van der Waals surface area contributed by atoms with E-state index in [1.165, 1.54) is 22.2 Å². The Morgan fingerprint density at radius 1 is 1.18 bits per heavy atom. The van der Waals surface area contributed by atoms with Crippen LogP contribution in [0.25, 0.3) is 5.65 Å². The zero-order valence-corrected chi connectivity index (χ0v) is 21.0. The van der Waals surface area contributed by atoms with Gasteiger partial charge in [0.2, 0.25) is 5.91 Å². The third kappa shape index (κ3) is 5.31. The van der Waals surface area contributed by atoms with E-state index in [2.05, 4.69) is 15.3 Å². The van der Waals surface area contributed by atoms with Crippen LogP contribution >= 0.6 is 0 Å². The minimum atomic E-state index is -1.37. The van der Waals surface area contributed by atoms with Crippen molar-refractivity contribution in [1.82, 2.24) is 24.6 Å². The van der Waals surface area contributed by atoms with Crippen LogP contribution in [0.5, 0.6) is 0 Å². The van der Waals surface area contributed by atoms with Crippen LogP contribution in [0, 0.1) is 11.6 Å². The zero-order chi connectivity index (χ0) is 27.7. The van der Waals surface area contributed by atoms with E-state index in [0.29, 0.717) is 5.65 Å². The molecule has 0 radical (unpaired) electrons. The van der Waals surface area contributed by atoms with Crippen LogP contribution in [0.15, 0.2) is 36.9 Å². The van der Waals surface area contributed by atoms with E-state index >= 15 is 8.78 Å². The van der Waals surface area contributed by atoms with Crippen molar-refractivity contribution < 1.29 is 32.3 Å². The van der Waals surface area contributed by atoms with E-state index in [0.717, 1.165) is 17.0 Å². The van der Waals surface area contributed by atoms with Crippen molar-refractivity contribution in [1.29, 1.82) is 0 Å². The summed E-state index contributed by atoms with van der Waals surface area (Å²) in [6.07, 6.45) is 3.15. The highest BCUT2D eigenvalue weighted by Crippen LogP contribution is 2.32. The highest BCUT2D eigenvalue weighted by molar-refractivity contribution is 5.95. The lowest BCUT2D eigenvalue weighted by atomic mass is 10.1. The Morgan fingerprint density at radius 3 is 2.56 bits per heavy atom. The molecule has 0 bridgehead atoms. The van der Waals surface area contributed by atoms with E-state index in [9.17, 15) is 18.8 Å². The summed E-state index contributed by atoms with van der Waals surface area (Å²) in [7, 11) is 0. The number of imidazole rings is 1. The molecular formula is C25H26F3N7O4. The first-order chi connectivity index (χ1) is 18.7. The molecule has 2 atom stereocenters. The summed E-state index contributed by atoms with van der Waals surface area (Å²) >= 11 is 0. The molecule has 14 heteroatoms. The van der Waals surface area contributed by atoms with Crippen LogP contribution in [0.1, 0.15) is 23.8 Å². The summed E-state index contributed by atoms with van der Waals surface area (Å²) in [5.74, 6) is -2.63. The van der Waals surface area contributed by atoms with Crippen molar-refractivity contribution in [2.75, 3.05) is 49.1 Å². The number of carbonyl (C=O) groups is 3. The summed E-state index contributed by atoms with van der Waals surface area (Å²) in [6, 6.07) is 2.04. The summed E-state index contributed by atoms with van der Waals surface area (Å²) in [5, 5.41) is 2.54. The molecule has 39 heavy (non-hydrogen) atoms. The molecule has 206 valence electrons. The predicted octanol–water partition coefficient (Wildman–Crippen LogP) is 2.16. The average molecular weight is 546 g/mol. The van der Waals surface area contributed by atoms with Gasteiger partial charge in [-0.1, -0.05) is 6.92 Å². The highest BCUT2D eigenvalue weighted by Gasteiger charge is 2.38. The number of piperazine rings is 1. The normalized spacial score (nSPS) is 18.4. The third-order valence-corrected chi connectivity index (χ3v) is 6.79. The fraction of sp³-hybridized carbons (Fsp3) is 0.400. The SMILES string of the molecule is CCC(F)C1CN(c2cc(F)c(N3CCN(C(=O)CNC(=O)c4cn5ccncc5n4)CC3)c(F)c2)C(=O)O1. The Hall–Kier alpha value is -4.36. The molecule has 11 nitrogen and oxygen atoms in total. The molecule has 2 aromatic heterocycles. The number of aromatic nitrogens is 3. The molecule has 2 aliphatic rings. The standard InChI is InChI=1S/C25H26F3N7O4/c1-2-16(26)20-14-35(25(38)39-20)15-9-17(27)23(18(28)10-15)33-7-5-32(6-8-33)22(36)12-30-24(37)19-13-34-4-3-29-11-21(34)31-19/h3-4,9-11,13,16,20H,2,5-8,12,14H2,1H3,(H,30,37). The second kappa shape index (κ2) is 10.8. The molecule has 0 spiro atoms. The lowest BCUT2D eigenvalue weighted by Crippen LogP contribution is -2.51. The Kier molecular flexibility index (Phi) is 7.26. The van der Waals surface area contributed by atoms with E-state index < -0.39 is 35.9 Å². The number of fused-ring (bicyclic) bond motifs is 1. The molecule has 2 saturated heterocycles.